The molecular weight excluding hydrogens is 443 g/mol. The van der Waals surface area contributed by atoms with Gasteiger partial charge in [-0.25, -0.2) is 4.39 Å². The molecule has 1 aromatic heterocycles. The number of rotatable bonds is 6. The summed E-state index contributed by atoms with van der Waals surface area (Å²) in [7, 11) is 0. The number of hydrogen-bond acceptors (Lipinski definition) is 3. The van der Waals surface area contributed by atoms with Crippen molar-refractivity contribution in [2.45, 2.75) is 57.5 Å². The monoisotopic (exact) mass is 476 g/mol. The number of benzene rings is 2. The minimum absolute atomic E-state index is 0.0171. The van der Waals surface area contributed by atoms with Gasteiger partial charge in [-0.15, -0.1) is 0 Å². The summed E-state index contributed by atoms with van der Waals surface area (Å²) in [5.41, 5.74) is 1.51. The SMILES string of the molecule is O=C(Cc1ccccc1F)N1CCC([C@H]2CCCCN2C(=O)CCn2ncc3ccccc32)CC1. The van der Waals surface area contributed by atoms with Gasteiger partial charge in [0.15, 0.2) is 0 Å². The lowest BCUT2D eigenvalue weighted by atomic mass is 9.83. The third-order valence-electron chi connectivity index (χ3n) is 7.69. The van der Waals surface area contributed by atoms with Gasteiger partial charge in [0.2, 0.25) is 11.8 Å². The molecule has 2 amide bonds. The van der Waals surface area contributed by atoms with Crippen LogP contribution in [0.5, 0.6) is 0 Å². The van der Waals surface area contributed by atoms with Crippen molar-refractivity contribution in [3.63, 3.8) is 0 Å². The number of amides is 2. The fraction of sp³-hybridized carbons (Fsp3) is 0.464. The van der Waals surface area contributed by atoms with Crippen LogP contribution >= 0.6 is 0 Å². The highest BCUT2D eigenvalue weighted by Gasteiger charge is 2.35. The van der Waals surface area contributed by atoms with Crippen LogP contribution in [0.4, 0.5) is 4.39 Å². The molecular formula is C28H33FN4O2. The molecule has 2 aliphatic heterocycles. The molecule has 6 nitrogen and oxygen atoms in total. The Morgan fingerprint density at radius 1 is 0.914 bits per heavy atom. The van der Waals surface area contributed by atoms with Gasteiger partial charge in [-0.05, 0) is 55.7 Å². The smallest absolute Gasteiger partial charge is 0.227 e. The molecule has 184 valence electrons. The van der Waals surface area contributed by atoms with E-state index in [-0.39, 0.29) is 30.1 Å². The first-order valence-electron chi connectivity index (χ1n) is 12.8. The molecule has 1 atom stereocenters. The van der Waals surface area contributed by atoms with E-state index in [1.54, 1.807) is 18.2 Å². The van der Waals surface area contributed by atoms with E-state index < -0.39 is 0 Å². The summed E-state index contributed by atoms with van der Waals surface area (Å²) in [4.78, 5) is 30.0. The summed E-state index contributed by atoms with van der Waals surface area (Å²) < 4.78 is 15.9. The van der Waals surface area contributed by atoms with E-state index in [1.807, 2.05) is 40.0 Å². The van der Waals surface area contributed by atoms with Crippen molar-refractivity contribution in [3.8, 4) is 0 Å². The van der Waals surface area contributed by atoms with Crippen LogP contribution in [0.15, 0.2) is 54.7 Å². The Bertz CT molecular complexity index is 1180. The minimum Gasteiger partial charge on any atom is -0.342 e. The van der Waals surface area contributed by atoms with E-state index in [0.29, 0.717) is 37.5 Å². The van der Waals surface area contributed by atoms with Crippen LogP contribution in [-0.4, -0.2) is 57.1 Å². The third-order valence-corrected chi connectivity index (χ3v) is 7.69. The molecule has 2 fully saturated rings. The van der Waals surface area contributed by atoms with Crippen LogP contribution in [0, 0.1) is 11.7 Å². The van der Waals surface area contributed by atoms with Gasteiger partial charge < -0.3 is 9.80 Å². The molecule has 0 radical (unpaired) electrons. The Hall–Kier alpha value is -3.22. The number of aryl methyl sites for hydroxylation is 1. The molecule has 0 unspecified atom stereocenters. The summed E-state index contributed by atoms with van der Waals surface area (Å²) in [5, 5.41) is 5.56. The molecule has 2 saturated heterocycles. The lowest BCUT2D eigenvalue weighted by Gasteiger charge is -2.44. The normalized spacial score (nSPS) is 19.3. The van der Waals surface area contributed by atoms with Gasteiger partial charge in [0.1, 0.15) is 5.82 Å². The molecule has 0 aliphatic carbocycles. The first-order chi connectivity index (χ1) is 17.1. The van der Waals surface area contributed by atoms with Gasteiger partial charge >= 0.3 is 0 Å². The summed E-state index contributed by atoms with van der Waals surface area (Å²) in [6, 6.07) is 14.8. The zero-order valence-electron chi connectivity index (χ0n) is 20.1. The highest BCUT2D eigenvalue weighted by molar-refractivity contribution is 5.80. The topological polar surface area (TPSA) is 58.4 Å². The lowest BCUT2D eigenvalue weighted by molar-refractivity contribution is -0.139. The molecule has 2 aromatic carbocycles. The maximum atomic E-state index is 14.0. The number of nitrogens with zero attached hydrogens (tertiary/aromatic N) is 4. The minimum atomic E-state index is -0.324. The second kappa shape index (κ2) is 10.6. The molecule has 0 spiro atoms. The summed E-state index contributed by atoms with van der Waals surface area (Å²) in [6.45, 7) is 2.75. The first kappa shape index (κ1) is 23.5. The molecule has 5 rings (SSSR count). The molecule has 0 N–H and O–H groups in total. The Labute approximate surface area is 205 Å². The van der Waals surface area contributed by atoms with Gasteiger partial charge in [0, 0.05) is 37.5 Å². The Morgan fingerprint density at radius 2 is 1.69 bits per heavy atom. The zero-order chi connectivity index (χ0) is 24.2. The van der Waals surface area contributed by atoms with E-state index in [0.717, 1.165) is 49.6 Å². The number of carbonyl (C=O) groups is 2. The maximum Gasteiger partial charge on any atom is 0.227 e. The third kappa shape index (κ3) is 5.24. The predicted molar refractivity (Wildman–Crippen MR) is 133 cm³/mol. The van der Waals surface area contributed by atoms with Gasteiger partial charge in [-0.1, -0.05) is 36.4 Å². The van der Waals surface area contributed by atoms with Crippen molar-refractivity contribution < 1.29 is 14.0 Å². The summed E-state index contributed by atoms with van der Waals surface area (Å²) in [6.07, 6.45) is 7.41. The van der Waals surface area contributed by atoms with Crippen LogP contribution < -0.4 is 0 Å². The number of para-hydroxylation sites is 1. The van der Waals surface area contributed by atoms with Crippen molar-refractivity contribution >= 4 is 22.7 Å². The van der Waals surface area contributed by atoms with E-state index >= 15 is 0 Å². The molecule has 2 aliphatic rings. The van der Waals surface area contributed by atoms with Crippen molar-refractivity contribution in [1.82, 2.24) is 19.6 Å². The maximum absolute atomic E-state index is 14.0. The number of likely N-dealkylation sites (tertiary alicyclic amines) is 2. The number of hydrogen-bond donors (Lipinski definition) is 0. The van der Waals surface area contributed by atoms with Gasteiger partial charge in [0.25, 0.3) is 0 Å². The average Bonchev–Trinajstić information content (AvgIpc) is 3.32. The van der Waals surface area contributed by atoms with Crippen molar-refractivity contribution in [3.05, 3.63) is 66.1 Å². The molecule has 3 heterocycles. The van der Waals surface area contributed by atoms with E-state index in [4.69, 9.17) is 0 Å². The van der Waals surface area contributed by atoms with Crippen LogP contribution in [0.1, 0.15) is 44.1 Å². The van der Waals surface area contributed by atoms with Crippen LogP contribution in [0.25, 0.3) is 10.9 Å². The van der Waals surface area contributed by atoms with Crippen molar-refractivity contribution in [1.29, 1.82) is 0 Å². The van der Waals surface area contributed by atoms with Crippen molar-refractivity contribution in [2.75, 3.05) is 19.6 Å². The predicted octanol–water partition coefficient (Wildman–Crippen LogP) is 4.43. The summed E-state index contributed by atoms with van der Waals surface area (Å²) in [5.74, 6) is 0.265. The van der Waals surface area contributed by atoms with Gasteiger partial charge in [-0.2, -0.15) is 5.10 Å². The lowest BCUT2D eigenvalue weighted by Crippen LogP contribution is -2.51. The number of piperidine rings is 2. The standard InChI is InChI=1S/C28H33FN4O2/c29-24-9-3-1-7-22(24)19-28(35)31-16-12-21(13-17-31)25-10-5-6-15-32(25)27(34)14-18-33-26-11-4-2-8-23(26)20-30-33/h1-4,7-9,11,20-21,25H,5-6,10,12-19H2/t25-/m1/s1. The molecule has 7 heteroatoms. The van der Waals surface area contributed by atoms with E-state index in [1.165, 1.54) is 6.07 Å². The zero-order valence-corrected chi connectivity index (χ0v) is 20.1. The Morgan fingerprint density at radius 3 is 2.51 bits per heavy atom. The fourth-order valence-electron chi connectivity index (χ4n) is 5.76. The van der Waals surface area contributed by atoms with Crippen LogP contribution in [0.2, 0.25) is 0 Å². The van der Waals surface area contributed by atoms with Crippen LogP contribution in [0.3, 0.4) is 0 Å². The number of aromatic nitrogens is 2. The molecule has 0 bridgehead atoms. The number of carbonyl (C=O) groups excluding carboxylic acids is 2. The molecule has 0 saturated carbocycles. The second-order valence-electron chi connectivity index (χ2n) is 9.81. The first-order valence-corrected chi connectivity index (χ1v) is 12.8. The van der Waals surface area contributed by atoms with Gasteiger partial charge in [-0.3, -0.25) is 14.3 Å². The fourth-order valence-corrected chi connectivity index (χ4v) is 5.76. The van der Waals surface area contributed by atoms with Gasteiger partial charge in [0.05, 0.1) is 24.7 Å². The summed E-state index contributed by atoms with van der Waals surface area (Å²) >= 11 is 0. The highest BCUT2D eigenvalue weighted by Crippen LogP contribution is 2.31. The van der Waals surface area contributed by atoms with Crippen LogP contribution in [-0.2, 0) is 22.6 Å². The average molecular weight is 477 g/mol. The van der Waals surface area contributed by atoms with E-state index in [9.17, 15) is 14.0 Å². The Balaban J connectivity index is 1.16. The molecule has 35 heavy (non-hydrogen) atoms. The largest absolute Gasteiger partial charge is 0.342 e. The van der Waals surface area contributed by atoms with E-state index in [2.05, 4.69) is 10.00 Å². The Kier molecular flexibility index (Phi) is 7.11. The highest BCUT2D eigenvalue weighted by atomic mass is 19.1. The number of fused-ring (bicyclic) bond motifs is 1. The number of halogens is 1. The van der Waals surface area contributed by atoms with Crippen molar-refractivity contribution in [2.24, 2.45) is 5.92 Å². The second-order valence-corrected chi connectivity index (χ2v) is 9.81. The quantitative estimate of drug-likeness (QED) is 0.529. The molecule has 3 aromatic rings.